The van der Waals surface area contributed by atoms with Crippen LogP contribution in [0.25, 0.3) is 0 Å². The van der Waals surface area contributed by atoms with E-state index in [0.717, 1.165) is 0 Å². The summed E-state index contributed by atoms with van der Waals surface area (Å²) >= 11 is 0. The van der Waals surface area contributed by atoms with Crippen LogP contribution < -0.4 is 10.6 Å². The van der Waals surface area contributed by atoms with Crippen LogP contribution in [0.5, 0.6) is 0 Å². The van der Waals surface area contributed by atoms with Crippen molar-refractivity contribution in [1.29, 1.82) is 0 Å². The molecule has 2 aromatic rings. The van der Waals surface area contributed by atoms with Gasteiger partial charge in [0, 0.05) is 10.9 Å². The lowest BCUT2D eigenvalue weighted by molar-refractivity contribution is 0.112. The van der Waals surface area contributed by atoms with Gasteiger partial charge in [0.05, 0.1) is 11.9 Å². The minimum atomic E-state index is -3.21. The Morgan fingerprint density at radius 3 is 2.32 bits per heavy atom. The molecule has 0 heterocycles. The SMILES string of the molecule is CCOP(=O)(c1ccccc1)c1ccccc1C=O. The van der Waals surface area contributed by atoms with E-state index >= 15 is 0 Å². The first-order chi connectivity index (χ1) is 9.22. The van der Waals surface area contributed by atoms with E-state index < -0.39 is 7.37 Å². The summed E-state index contributed by atoms with van der Waals surface area (Å²) in [5.41, 5.74) is 0.406. The van der Waals surface area contributed by atoms with Crippen LogP contribution in [-0.4, -0.2) is 12.9 Å². The van der Waals surface area contributed by atoms with Gasteiger partial charge in [-0.25, -0.2) is 0 Å². The Morgan fingerprint density at radius 2 is 1.68 bits per heavy atom. The molecule has 0 fully saturated rings. The minimum absolute atomic E-state index is 0.319. The monoisotopic (exact) mass is 274 g/mol. The summed E-state index contributed by atoms with van der Waals surface area (Å²) < 4.78 is 18.8. The zero-order valence-corrected chi connectivity index (χ0v) is 11.5. The van der Waals surface area contributed by atoms with Crippen LogP contribution in [0.15, 0.2) is 54.6 Å². The molecule has 0 amide bonds. The van der Waals surface area contributed by atoms with E-state index in [9.17, 15) is 9.36 Å². The number of carbonyl (C=O) groups is 1. The van der Waals surface area contributed by atoms with E-state index in [1.54, 1.807) is 43.3 Å². The second-order valence-electron chi connectivity index (χ2n) is 3.98. The highest BCUT2D eigenvalue weighted by Crippen LogP contribution is 2.45. The number of benzene rings is 2. The largest absolute Gasteiger partial charge is 0.322 e. The van der Waals surface area contributed by atoms with E-state index in [1.807, 2.05) is 18.2 Å². The molecule has 0 spiro atoms. The van der Waals surface area contributed by atoms with Gasteiger partial charge in [-0.1, -0.05) is 36.4 Å². The Labute approximate surface area is 112 Å². The molecule has 0 aliphatic carbocycles. The van der Waals surface area contributed by atoms with Gasteiger partial charge in [-0.05, 0) is 25.1 Å². The van der Waals surface area contributed by atoms with Crippen LogP contribution in [-0.2, 0) is 9.09 Å². The Hall–Kier alpha value is -1.70. The van der Waals surface area contributed by atoms with Crippen molar-refractivity contribution in [1.82, 2.24) is 0 Å². The summed E-state index contributed by atoms with van der Waals surface area (Å²) in [4.78, 5) is 11.1. The molecule has 2 aromatic carbocycles. The quantitative estimate of drug-likeness (QED) is 0.622. The second kappa shape index (κ2) is 5.96. The summed E-state index contributed by atoms with van der Waals surface area (Å²) in [7, 11) is -3.21. The first-order valence-electron chi connectivity index (χ1n) is 6.07. The van der Waals surface area contributed by atoms with Crippen molar-refractivity contribution in [2.24, 2.45) is 0 Å². The van der Waals surface area contributed by atoms with Crippen molar-refractivity contribution in [3.63, 3.8) is 0 Å². The molecule has 0 N–H and O–H groups in total. The third-order valence-electron chi connectivity index (χ3n) is 2.79. The van der Waals surface area contributed by atoms with Crippen molar-refractivity contribution >= 4 is 24.3 Å². The molecule has 0 saturated heterocycles. The minimum Gasteiger partial charge on any atom is -0.322 e. The fourth-order valence-corrected chi connectivity index (χ4v) is 4.19. The first-order valence-corrected chi connectivity index (χ1v) is 7.70. The Morgan fingerprint density at radius 1 is 1.05 bits per heavy atom. The lowest BCUT2D eigenvalue weighted by Gasteiger charge is -2.19. The zero-order chi connectivity index (χ0) is 13.7. The van der Waals surface area contributed by atoms with E-state index in [4.69, 9.17) is 4.52 Å². The lowest BCUT2D eigenvalue weighted by atomic mass is 10.2. The molecule has 0 aliphatic rings. The number of carbonyl (C=O) groups excluding carboxylic acids is 1. The summed E-state index contributed by atoms with van der Waals surface area (Å²) in [5.74, 6) is 0. The molecule has 3 nitrogen and oxygen atoms in total. The van der Waals surface area contributed by atoms with Gasteiger partial charge in [0.1, 0.15) is 0 Å². The third kappa shape index (κ3) is 2.67. The van der Waals surface area contributed by atoms with Gasteiger partial charge in [-0.15, -0.1) is 0 Å². The highest BCUT2D eigenvalue weighted by Gasteiger charge is 2.30. The van der Waals surface area contributed by atoms with Crippen molar-refractivity contribution < 1.29 is 13.9 Å². The summed E-state index contributed by atoms with van der Waals surface area (Å²) in [6.45, 7) is 2.11. The van der Waals surface area contributed by atoms with E-state index in [0.29, 0.717) is 29.1 Å². The highest BCUT2D eigenvalue weighted by molar-refractivity contribution is 7.74. The first kappa shape index (κ1) is 13.7. The normalized spacial score (nSPS) is 13.7. The van der Waals surface area contributed by atoms with Crippen LogP contribution in [0.2, 0.25) is 0 Å². The third-order valence-corrected chi connectivity index (χ3v) is 5.43. The molecule has 0 saturated carbocycles. The van der Waals surface area contributed by atoms with E-state index in [2.05, 4.69) is 0 Å². The van der Waals surface area contributed by atoms with Gasteiger partial charge >= 0.3 is 0 Å². The molecular formula is C15H15O3P. The van der Waals surface area contributed by atoms with Crippen molar-refractivity contribution in [2.45, 2.75) is 6.92 Å². The van der Waals surface area contributed by atoms with Crippen LogP contribution in [0.1, 0.15) is 17.3 Å². The standard InChI is InChI=1S/C15H15O3P/c1-2-18-19(17,14-9-4-3-5-10-14)15-11-7-6-8-13(15)12-16/h3-12H,2H2,1H3. The zero-order valence-electron chi connectivity index (χ0n) is 10.7. The van der Waals surface area contributed by atoms with E-state index in [-0.39, 0.29) is 0 Å². The van der Waals surface area contributed by atoms with Crippen molar-refractivity contribution in [3.05, 3.63) is 60.2 Å². The van der Waals surface area contributed by atoms with Gasteiger partial charge in [-0.2, -0.15) is 0 Å². The van der Waals surface area contributed by atoms with Crippen LogP contribution in [0.4, 0.5) is 0 Å². The fourth-order valence-electron chi connectivity index (χ4n) is 1.94. The second-order valence-corrected chi connectivity index (χ2v) is 6.34. The highest BCUT2D eigenvalue weighted by atomic mass is 31.2. The van der Waals surface area contributed by atoms with Crippen molar-refractivity contribution in [2.75, 3.05) is 6.61 Å². The Balaban J connectivity index is 2.63. The molecule has 0 aromatic heterocycles. The molecule has 4 heteroatoms. The van der Waals surface area contributed by atoms with Crippen LogP contribution >= 0.6 is 7.37 Å². The summed E-state index contributed by atoms with van der Waals surface area (Å²) in [5, 5.41) is 1.06. The summed E-state index contributed by atoms with van der Waals surface area (Å²) in [6.07, 6.45) is 0.712. The average Bonchev–Trinajstić information content (AvgIpc) is 2.48. The number of hydrogen-bond donors (Lipinski definition) is 0. The molecule has 2 rings (SSSR count). The number of rotatable bonds is 5. The van der Waals surface area contributed by atoms with Gasteiger partial charge < -0.3 is 4.52 Å². The van der Waals surface area contributed by atoms with Crippen molar-refractivity contribution in [3.8, 4) is 0 Å². The van der Waals surface area contributed by atoms with Gasteiger partial charge in [0.15, 0.2) is 6.29 Å². The molecule has 0 aliphatic heterocycles. The average molecular weight is 274 g/mol. The number of hydrogen-bond acceptors (Lipinski definition) is 3. The maximum Gasteiger partial charge on any atom is 0.261 e. The smallest absolute Gasteiger partial charge is 0.261 e. The molecule has 19 heavy (non-hydrogen) atoms. The molecule has 1 unspecified atom stereocenters. The lowest BCUT2D eigenvalue weighted by Crippen LogP contribution is -2.21. The molecule has 1 atom stereocenters. The molecular weight excluding hydrogens is 259 g/mol. The van der Waals surface area contributed by atoms with Crippen LogP contribution in [0, 0.1) is 0 Å². The van der Waals surface area contributed by atoms with Gasteiger partial charge in [0.25, 0.3) is 7.37 Å². The fraction of sp³-hybridized carbons (Fsp3) is 0.133. The molecule has 0 bridgehead atoms. The topological polar surface area (TPSA) is 43.4 Å². The summed E-state index contributed by atoms with van der Waals surface area (Å²) in [6, 6.07) is 15.8. The van der Waals surface area contributed by atoms with Gasteiger partial charge in [0.2, 0.25) is 0 Å². The maximum absolute atomic E-state index is 13.2. The van der Waals surface area contributed by atoms with Crippen LogP contribution in [0.3, 0.4) is 0 Å². The number of aldehydes is 1. The Kier molecular flexibility index (Phi) is 4.31. The molecule has 98 valence electrons. The predicted molar refractivity (Wildman–Crippen MR) is 76.8 cm³/mol. The Bertz CT molecular complexity index is 608. The predicted octanol–water partition coefficient (Wildman–Crippen LogP) is 2.76. The van der Waals surface area contributed by atoms with E-state index in [1.165, 1.54) is 0 Å². The van der Waals surface area contributed by atoms with Gasteiger partial charge in [-0.3, -0.25) is 9.36 Å². The maximum atomic E-state index is 13.2. The molecule has 0 radical (unpaired) electrons.